The standard InChI is InChI=1S/C11H10BO2/c1-8-6-9-4-2-3-5-10(9)11(7-8)14-12-13/h2-7,13H,1H3/i1D3. The van der Waals surface area contributed by atoms with E-state index in [9.17, 15) is 0 Å². The minimum absolute atomic E-state index is 0.188. The molecule has 0 saturated carbocycles. The van der Waals surface area contributed by atoms with Crippen molar-refractivity contribution in [2.75, 3.05) is 0 Å². The monoisotopic (exact) mass is 188 g/mol. The maximum atomic E-state index is 8.69. The summed E-state index contributed by atoms with van der Waals surface area (Å²) in [6.07, 6.45) is 0. The van der Waals surface area contributed by atoms with Gasteiger partial charge in [0, 0.05) is 9.50 Å². The molecule has 14 heavy (non-hydrogen) atoms. The molecule has 1 radical (unpaired) electrons. The maximum absolute atomic E-state index is 8.69. The van der Waals surface area contributed by atoms with Gasteiger partial charge < -0.3 is 9.68 Å². The van der Waals surface area contributed by atoms with E-state index in [1.807, 2.05) is 12.1 Å². The molecule has 2 aromatic carbocycles. The quantitative estimate of drug-likeness (QED) is 0.730. The van der Waals surface area contributed by atoms with Crippen LogP contribution in [0.4, 0.5) is 0 Å². The molecule has 0 aliphatic rings. The summed E-state index contributed by atoms with van der Waals surface area (Å²) in [7, 11) is 0.547. The Labute approximate surface area is 87.7 Å². The summed E-state index contributed by atoms with van der Waals surface area (Å²) in [5, 5.41) is 10.2. The van der Waals surface area contributed by atoms with Crippen molar-refractivity contribution in [1.29, 1.82) is 0 Å². The molecule has 1 N–H and O–H groups in total. The molecule has 3 heteroatoms. The van der Waals surface area contributed by atoms with Crippen LogP contribution in [0.3, 0.4) is 0 Å². The first-order valence-corrected chi connectivity index (χ1v) is 4.18. The summed E-state index contributed by atoms with van der Waals surface area (Å²) >= 11 is 0. The Morgan fingerprint density at radius 3 is 3.00 bits per heavy atom. The molecule has 0 aromatic heterocycles. The Morgan fingerprint density at radius 2 is 2.21 bits per heavy atom. The zero-order valence-corrected chi connectivity index (χ0v) is 7.40. The fourth-order valence-electron chi connectivity index (χ4n) is 1.43. The molecule has 0 saturated heterocycles. The maximum Gasteiger partial charge on any atom is 0.569 e. The number of fused-ring (bicyclic) bond motifs is 1. The van der Waals surface area contributed by atoms with Gasteiger partial charge in [-0.05, 0) is 23.9 Å². The van der Waals surface area contributed by atoms with Crippen molar-refractivity contribution in [3.8, 4) is 5.75 Å². The lowest BCUT2D eigenvalue weighted by Gasteiger charge is -2.07. The normalized spacial score (nSPS) is 14.2. The predicted molar refractivity (Wildman–Crippen MR) is 57.3 cm³/mol. The van der Waals surface area contributed by atoms with Gasteiger partial charge in [-0.1, -0.05) is 30.3 Å². The van der Waals surface area contributed by atoms with Gasteiger partial charge in [0.25, 0.3) is 0 Å². The molecule has 2 aromatic rings. The summed E-state index contributed by atoms with van der Waals surface area (Å²) in [6, 6.07) is 10.3. The van der Waals surface area contributed by atoms with Crippen LogP contribution < -0.4 is 4.65 Å². The Bertz CT molecular complexity index is 540. The van der Waals surface area contributed by atoms with Crippen LogP contribution in [0, 0.1) is 6.85 Å². The number of benzene rings is 2. The fourth-order valence-corrected chi connectivity index (χ4v) is 1.43. The Morgan fingerprint density at radius 1 is 1.36 bits per heavy atom. The lowest BCUT2D eigenvalue weighted by molar-refractivity contribution is 0.456. The molecule has 0 bridgehead atoms. The van der Waals surface area contributed by atoms with Crippen LogP contribution in [0.5, 0.6) is 5.75 Å². The third-order valence-corrected chi connectivity index (χ3v) is 2.00. The van der Waals surface area contributed by atoms with Gasteiger partial charge in [0.1, 0.15) is 5.75 Å². The minimum atomic E-state index is -2.20. The lowest BCUT2D eigenvalue weighted by atomic mass is 10.1. The van der Waals surface area contributed by atoms with Crippen molar-refractivity contribution in [3.63, 3.8) is 0 Å². The van der Waals surface area contributed by atoms with Crippen molar-refractivity contribution in [1.82, 2.24) is 0 Å². The molecule has 0 aliphatic carbocycles. The molecule has 0 atom stereocenters. The zero-order valence-electron chi connectivity index (χ0n) is 10.4. The first-order chi connectivity index (χ1) is 8.02. The number of aryl methyl sites for hydroxylation is 1. The summed E-state index contributed by atoms with van der Waals surface area (Å²) in [5.74, 6) is 0.330. The van der Waals surface area contributed by atoms with Gasteiger partial charge in [0.05, 0.1) is 0 Å². The molecule has 0 unspecified atom stereocenters. The van der Waals surface area contributed by atoms with Crippen LogP contribution in [-0.4, -0.2) is 12.7 Å². The third-order valence-electron chi connectivity index (χ3n) is 2.00. The summed E-state index contributed by atoms with van der Waals surface area (Å²) in [4.78, 5) is 0. The highest BCUT2D eigenvalue weighted by molar-refractivity contribution is 6.18. The SMILES string of the molecule is [2H]C([2H])([2H])c1cc(O[B]O)c2ccccc2c1. The second-order valence-corrected chi connectivity index (χ2v) is 2.92. The predicted octanol–water partition coefficient (Wildman–Crippen LogP) is 2.05. The van der Waals surface area contributed by atoms with E-state index in [1.165, 1.54) is 6.07 Å². The average molecular weight is 188 g/mol. The Balaban J connectivity index is 2.67. The number of hydrogen-bond acceptors (Lipinski definition) is 2. The molecule has 0 aliphatic heterocycles. The second kappa shape index (κ2) is 3.72. The fraction of sp³-hybridized carbons (Fsp3) is 0.0909. The molecular formula is C11H10BO2. The average Bonchev–Trinajstić information content (AvgIpc) is 2.28. The third kappa shape index (κ3) is 1.59. The second-order valence-electron chi connectivity index (χ2n) is 2.92. The van der Waals surface area contributed by atoms with Crippen molar-refractivity contribution < 1.29 is 13.8 Å². The smallest absolute Gasteiger partial charge is 0.537 e. The van der Waals surface area contributed by atoms with E-state index in [2.05, 4.69) is 0 Å². The highest BCUT2D eigenvalue weighted by Crippen LogP contribution is 2.26. The zero-order chi connectivity index (χ0) is 12.5. The van der Waals surface area contributed by atoms with Crippen LogP contribution in [0.25, 0.3) is 10.8 Å². The van der Waals surface area contributed by atoms with Crippen molar-refractivity contribution in [2.45, 2.75) is 6.85 Å². The van der Waals surface area contributed by atoms with Crippen LogP contribution in [0.2, 0.25) is 0 Å². The molecule has 0 fully saturated rings. The van der Waals surface area contributed by atoms with E-state index in [-0.39, 0.29) is 5.56 Å². The van der Waals surface area contributed by atoms with Gasteiger partial charge >= 0.3 is 7.69 Å². The Kier molecular flexibility index (Phi) is 1.62. The molecule has 0 heterocycles. The first kappa shape index (κ1) is 6.09. The van der Waals surface area contributed by atoms with Gasteiger partial charge in [-0.3, -0.25) is 0 Å². The summed E-state index contributed by atoms with van der Waals surface area (Å²) < 4.78 is 27.1. The lowest BCUT2D eigenvalue weighted by Crippen LogP contribution is -2.00. The number of hydrogen-bond donors (Lipinski definition) is 1. The minimum Gasteiger partial charge on any atom is -0.537 e. The first-order valence-electron chi connectivity index (χ1n) is 5.68. The van der Waals surface area contributed by atoms with Crippen LogP contribution in [0.15, 0.2) is 36.4 Å². The van der Waals surface area contributed by atoms with Crippen LogP contribution in [-0.2, 0) is 0 Å². The highest BCUT2D eigenvalue weighted by Gasteiger charge is 2.02. The van der Waals surface area contributed by atoms with E-state index in [0.717, 1.165) is 10.8 Å². The van der Waals surface area contributed by atoms with Crippen molar-refractivity contribution in [2.24, 2.45) is 0 Å². The highest BCUT2D eigenvalue weighted by atomic mass is 16.5. The van der Waals surface area contributed by atoms with Gasteiger partial charge in [0.15, 0.2) is 0 Å². The van der Waals surface area contributed by atoms with Crippen molar-refractivity contribution >= 4 is 18.5 Å². The summed E-state index contributed by atoms with van der Waals surface area (Å²) in [6.45, 7) is -2.20. The van der Waals surface area contributed by atoms with Crippen LogP contribution in [0.1, 0.15) is 9.68 Å². The summed E-state index contributed by atoms with van der Waals surface area (Å²) in [5.41, 5.74) is 0.188. The van der Waals surface area contributed by atoms with E-state index in [1.54, 1.807) is 18.2 Å². The van der Waals surface area contributed by atoms with E-state index >= 15 is 0 Å². The van der Waals surface area contributed by atoms with Gasteiger partial charge in [-0.2, -0.15) is 0 Å². The molecule has 2 nitrogen and oxygen atoms in total. The molecular weight excluding hydrogens is 175 g/mol. The van der Waals surface area contributed by atoms with Crippen LogP contribution >= 0.6 is 0 Å². The molecule has 0 amide bonds. The Hall–Kier alpha value is -1.48. The van der Waals surface area contributed by atoms with E-state index < -0.39 is 6.85 Å². The largest absolute Gasteiger partial charge is 0.569 e. The van der Waals surface area contributed by atoms with Gasteiger partial charge in [-0.15, -0.1) is 0 Å². The topological polar surface area (TPSA) is 29.5 Å². The van der Waals surface area contributed by atoms with Gasteiger partial charge in [0.2, 0.25) is 0 Å². The molecule has 2 rings (SSSR count). The van der Waals surface area contributed by atoms with Gasteiger partial charge in [-0.25, -0.2) is 0 Å². The van der Waals surface area contributed by atoms with E-state index in [0.29, 0.717) is 13.4 Å². The van der Waals surface area contributed by atoms with Crippen molar-refractivity contribution in [3.05, 3.63) is 42.0 Å². The molecule has 0 spiro atoms. The number of rotatable bonds is 2. The van der Waals surface area contributed by atoms with E-state index in [4.69, 9.17) is 13.8 Å². The molecule has 69 valence electrons.